The van der Waals surface area contributed by atoms with E-state index in [4.69, 9.17) is 23.7 Å². The second kappa shape index (κ2) is 9.41. The third-order valence-corrected chi connectivity index (χ3v) is 4.65. The van der Waals surface area contributed by atoms with Gasteiger partial charge in [0, 0.05) is 5.56 Å². The van der Waals surface area contributed by atoms with Crippen LogP contribution in [-0.4, -0.2) is 26.6 Å². The van der Waals surface area contributed by atoms with Gasteiger partial charge in [-0.15, -0.1) is 6.58 Å². The van der Waals surface area contributed by atoms with Crippen molar-refractivity contribution >= 4 is 16.3 Å². The molecule has 0 bridgehead atoms. The van der Waals surface area contributed by atoms with Gasteiger partial charge in [-0.1, -0.05) is 32.6 Å². The average molecular weight is 396 g/mol. The summed E-state index contributed by atoms with van der Waals surface area (Å²) in [5.41, 5.74) is 1.87. The molecular weight excluding hydrogens is 368 g/mol. The second-order valence-corrected chi connectivity index (χ2v) is 6.43. The lowest BCUT2D eigenvalue weighted by molar-refractivity contribution is 0.0641. The fraction of sp³-hybridized carbons (Fsp3) is 0.333. The highest BCUT2D eigenvalue weighted by atomic mass is 16.7. The number of rotatable bonds is 6. The maximum atomic E-state index is 6.08. The van der Waals surface area contributed by atoms with Crippen LogP contribution in [0.25, 0.3) is 16.3 Å². The van der Waals surface area contributed by atoms with Crippen LogP contribution in [0.1, 0.15) is 32.8 Å². The molecule has 5 heteroatoms. The van der Waals surface area contributed by atoms with Gasteiger partial charge < -0.3 is 23.7 Å². The Labute approximate surface area is 172 Å². The molecule has 2 aromatic rings. The van der Waals surface area contributed by atoms with Crippen LogP contribution in [0.3, 0.4) is 0 Å². The summed E-state index contributed by atoms with van der Waals surface area (Å²) in [5.74, 6) is 3.70. The Kier molecular flexibility index (Phi) is 6.70. The molecule has 4 rings (SSSR count). The van der Waals surface area contributed by atoms with E-state index in [2.05, 4.69) is 13.2 Å². The molecule has 2 aliphatic rings. The van der Waals surface area contributed by atoms with Gasteiger partial charge in [0.2, 0.25) is 6.79 Å². The van der Waals surface area contributed by atoms with Crippen molar-refractivity contribution in [1.82, 2.24) is 0 Å². The molecule has 29 heavy (non-hydrogen) atoms. The van der Waals surface area contributed by atoms with Crippen LogP contribution in [0.15, 0.2) is 55.0 Å². The highest BCUT2D eigenvalue weighted by molar-refractivity contribution is 5.98. The molecule has 0 spiro atoms. The number of benzene rings is 2. The van der Waals surface area contributed by atoms with E-state index >= 15 is 0 Å². The first-order valence-electron chi connectivity index (χ1n) is 9.91. The zero-order valence-electron chi connectivity index (χ0n) is 17.4. The van der Waals surface area contributed by atoms with Crippen molar-refractivity contribution in [3.8, 4) is 17.2 Å². The van der Waals surface area contributed by atoms with Crippen LogP contribution in [-0.2, 0) is 9.47 Å². The van der Waals surface area contributed by atoms with Crippen molar-refractivity contribution in [3.05, 3.63) is 60.6 Å². The standard InChI is InChI=1S/C22H22O5.C2H6/c1-4-5-14(2)22-17-11-20-19(23-8-9-24-20)10-16(17)6-7-18(22)25-12-21-15(3)26-13-27-21;1-2/h4,6-7,10-11H,1-2,5,8-9,12-13H2,3H3;1-2H3. The fourth-order valence-corrected chi connectivity index (χ4v) is 3.26. The molecule has 0 amide bonds. The zero-order valence-corrected chi connectivity index (χ0v) is 17.4. The summed E-state index contributed by atoms with van der Waals surface area (Å²) in [6, 6.07) is 7.97. The Morgan fingerprint density at radius 3 is 2.45 bits per heavy atom. The largest absolute Gasteiger partial charge is 0.486 e. The molecular formula is C24H28O5. The fourth-order valence-electron chi connectivity index (χ4n) is 3.26. The summed E-state index contributed by atoms with van der Waals surface area (Å²) in [6.45, 7) is 15.6. The third kappa shape index (κ3) is 4.34. The Balaban J connectivity index is 0.00000117. The molecule has 0 aromatic heterocycles. The molecule has 0 aliphatic carbocycles. The van der Waals surface area contributed by atoms with Crippen molar-refractivity contribution in [2.75, 3.05) is 26.6 Å². The van der Waals surface area contributed by atoms with E-state index in [0.29, 0.717) is 32.0 Å². The molecule has 0 atom stereocenters. The van der Waals surface area contributed by atoms with Crippen molar-refractivity contribution < 1.29 is 23.7 Å². The number of hydrogen-bond acceptors (Lipinski definition) is 5. The van der Waals surface area contributed by atoms with Crippen LogP contribution in [0.5, 0.6) is 17.2 Å². The summed E-state index contributed by atoms with van der Waals surface area (Å²) in [4.78, 5) is 0. The van der Waals surface area contributed by atoms with E-state index < -0.39 is 0 Å². The predicted molar refractivity (Wildman–Crippen MR) is 115 cm³/mol. The lowest BCUT2D eigenvalue weighted by atomic mass is 9.95. The Morgan fingerprint density at radius 2 is 1.79 bits per heavy atom. The van der Waals surface area contributed by atoms with E-state index in [9.17, 15) is 0 Å². The first kappa shape index (κ1) is 20.6. The summed E-state index contributed by atoms with van der Waals surface area (Å²) >= 11 is 0. The minimum Gasteiger partial charge on any atom is -0.486 e. The molecule has 2 aromatic carbocycles. The van der Waals surface area contributed by atoms with Gasteiger partial charge in [-0.2, -0.15) is 0 Å². The van der Waals surface area contributed by atoms with Gasteiger partial charge in [0.1, 0.15) is 31.3 Å². The monoisotopic (exact) mass is 396 g/mol. The van der Waals surface area contributed by atoms with Crippen LogP contribution >= 0.6 is 0 Å². The molecule has 0 N–H and O–H groups in total. The summed E-state index contributed by atoms with van der Waals surface area (Å²) in [5, 5.41) is 2.06. The van der Waals surface area contributed by atoms with Gasteiger partial charge in [-0.3, -0.25) is 0 Å². The van der Waals surface area contributed by atoms with Gasteiger partial charge in [0.25, 0.3) is 0 Å². The molecule has 2 aliphatic heterocycles. The third-order valence-electron chi connectivity index (χ3n) is 4.65. The zero-order chi connectivity index (χ0) is 20.8. The summed E-state index contributed by atoms with van der Waals surface area (Å²) < 4.78 is 28.3. The van der Waals surface area contributed by atoms with Crippen molar-refractivity contribution in [1.29, 1.82) is 0 Å². The van der Waals surface area contributed by atoms with Crippen LogP contribution in [0, 0.1) is 0 Å². The number of hydrogen-bond donors (Lipinski definition) is 0. The molecule has 0 unspecified atom stereocenters. The van der Waals surface area contributed by atoms with Crippen LogP contribution in [0.4, 0.5) is 0 Å². The highest BCUT2D eigenvalue weighted by Crippen LogP contribution is 2.41. The van der Waals surface area contributed by atoms with E-state index in [1.54, 1.807) is 0 Å². The lowest BCUT2D eigenvalue weighted by Gasteiger charge is -2.21. The van der Waals surface area contributed by atoms with Crippen molar-refractivity contribution in [2.24, 2.45) is 0 Å². The maximum absolute atomic E-state index is 6.08. The maximum Gasteiger partial charge on any atom is 0.230 e. The van der Waals surface area contributed by atoms with E-state index in [0.717, 1.165) is 44.9 Å². The first-order chi connectivity index (χ1) is 14.2. The number of fused-ring (bicyclic) bond motifs is 2. The molecule has 0 fully saturated rings. The SMILES string of the molecule is C=CCC(=C)c1c(OCC2=C(C)OCO2)ccc2cc3c(cc12)OCCO3.CC. The minimum atomic E-state index is 0.238. The number of allylic oxidation sites excluding steroid dienone is 3. The molecule has 5 nitrogen and oxygen atoms in total. The van der Waals surface area contributed by atoms with Crippen LogP contribution in [0.2, 0.25) is 0 Å². The first-order valence-corrected chi connectivity index (χ1v) is 9.91. The van der Waals surface area contributed by atoms with Gasteiger partial charge in [0.05, 0.1) is 0 Å². The quantitative estimate of drug-likeness (QED) is 0.574. The second-order valence-electron chi connectivity index (χ2n) is 6.43. The Morgan fingerprint density at radius 1 is 1.07 bits per heavy atom. The summed E-state index contributed by atoms with van der Waals surface area (Å²) in [7, 11) is 0. The lowest BCUT2D eigenvalue weighted by Crippen LogP contribution is -2.15. The highest BCUT2D eigenvalue weighted by Gasteiger charge is 2.19. The normalized spacial score (nSPS) is 14.4. The van der Waals surface area contributed by atoms with Crippen molar-refractivity contribution in [3.63, 3.8) is 0 Å². The van der Waals surface area contributed by atoms with E-state index in [-0.39, 0.29) is 6.79 Å². The Bertz CT molecular complexity index is 942. The Hall–Kier alpha value is -3.08. The van der Waals surface area contributed by atoms with E-state index in [1.165, 1.54) is 0 Å². The average Bonchev–Trinajstić information content (AvgIpc) is 3.16. The van der Waals surface area contributed by atoms with Gasteiger partial charge in [-0.05, 0) is 47.9 Å². The van der Waals surface area contributed by atoms with Gasteiger partial charge in [-0.25, -0.2) is 0 Å². The molecule has 0 radical (unpaired) electrons. The van der Waals surface area contributed by atoms with Gasteiger partial charge in [0.15, 0.2) is 17.3 Å². The van der Waals surface area contributed by atoms with E-state index in [1.807, 2.05) is 51.1 Å². The van der Waals surface area contributed by atoms with Crippen LogP contribution < -0.4 is 14.2 Å². The van der Waals surface area contributed by atoms with Gasteiger partial charge >= 0.3 is 0 Å². The minimum absolute atomic E-state index is 0.238. The molecule has 154 valence electrons. The molecule has 0 saturated heterocycles. The molecule has 0 saturated carbocycles. The molecule has 2 heterocycles. The topological polar surface area (TPSA) is 46.2 Å². The summed E-state index contributed by atoms with van der Waals surface area (Å²) in [6.07, 6.45) is 2.49. The smallest absolute Gasteiger partial charge is 0.230 e. The number of ether oxygens (including phenoxy) is 5. The predicted octanol–water partition coefficient (Wildman–Crippen LogP) is 5.84. The van der Waals surface area contributed by atoms with Crippen molar-refractivity contribution in [2.45, 2.75) is 27.2 Å².